The predicted molar refractivity (Wildman–Crippen MR) is 93.1 cm³/mol. The Morgan fingerprint density at radius 3 is 2.57 bits per heavy atom. The smallest absolute Gasteiger partial charge is 0.256 e. The summed E-state index contributed by atoms with van der Waals surface area (Å²) in [5.41, 5.74) is 0.477. The second kappa shape index (κ2) is 8.45. The van der Waals surface area contributed by atoms with Gasteiger partial charge in [-0.25, -0.2) is 0 Å². The van der Waals surface area contributed by atoms with Gasteiger partial charge in [0, 0.05) is 17.1 Å². The Labute approximate surface area is 140 Å². The Morgan fingerprint density at radius 1 is 1.17 bits per heavy atom. The number of amides is 1. The first-order chi connectivity index (χ1) is 11.0. The van der Waals surface area contributed by atoms with Crippen LogP contribution in [0.3, 0.4) is 0 Å². The van der Waals surface area contributed by atoms with Gasteiger partial charge in [0.05, 0.1) is 0 Å². The largest absolute Gasteiger partial charge is 0.369 e. The fourth-order valence-corrected chi connectivity index (χ4v) is 2.11. The third-order valence-electron chi connectivity index (χ3n) is 3.08. The van der Waals surface area contributed by atoms with Crippen molar-refractivity contribution in [3.05, 3.63) is 47.0 Å². The van der Waals surface area contributed by atoms with Gasteiger partial charge >= 0.3 is 0 Å². The molecule has 0 saturated heterocycles. The van der Waals surface area contributed by atoms with E-state index in [1.165, 1.54) is 0 Å². The standard InChI is InChI=1S/C16H20ClN5O/c1-22(2)10-4-9-18-14-7-8-15(21-20-14)19-16(23)12-5-3-6-13(17)11-12/h3,5-8,11H,4,9-10H2,1-2H3,(H,18,20)(H,19,21,23). The van der Waals surface area contributed by atoms with Crippen molar-refractivity contribution in [1.82, 2.24) is 15.1 Å². The molecule has 0 radical (unpaired) electrons. The quantitative estimate of drug-likeness (QED) is 0.762. The maximum absolute atomic E-state index is 12.1. The van der Waals surface area contributed by atoms with Crippen LogP contribution in [0.5, 0.6) is 0 Å². The van der Waals surface area contributed by atoms with E-state index in [0.717, 1.165) is 19.5 Å². The second-order valence-corrected chi connectivity index (χ2v) is 5.79. The molecule has 0 fully saturated rings. The van der Waals surface area contributed by atoms with Crippen LogP contribution >= 0.6 is 11.6 Å². The number of aromatic nitrogens is 2. The summed E-state index contributed by atoms with van der Waals surface area (Å²) < 4.78 is 0. The van der Waals surface area contributed by atoms with Crippen LogP contribution in [0.15, 0.2) is 36.4 Å². The van der Waals surface area contributed by atoms with E-state index < -0.39 is 0 Å². The molecule has 2 N–H and O–H groups in total. The van der Waals surface area contributed by atoms with Crippen LogP contribution in [0.1, 0.15) is 16.8 Å². The second-order valence-electron chi connectivity index (χ2n) is 5.35. The normalized spacial score (nSPS) is 10.6. The van der Waals surface area contributed by atoms with Crippen molar-refractivity contribution in [1.29, 1.82) is 0 Å². The minimum Gasteiger partial charge on any atom is -0.369 e. The van der Waals surface area contributed by atoms with Crippen LogP contribution in [0.2, 0.25) is 5.02 Å². The molecule has 0 aliphatic rings. The van der Waals surface area contributed by atoms with E-state index in [4.69, 9.17) is 11.6 Å². The van der Waals surface area contributed by atoms with Crippen molar-refractivity contribution in [3.8, 4) is 0 Å². The van der Waals surface area contributed by atoms with Crippen LogP contribution in [0.25, 0.3) is 0 Å². The average molecular weight is 334 g/mol. The number of benzene rings is 1. The van der Waals surface area contributed by atoms with Gasteiger partial charge in [-0.05, 0) is 57.4 Å². The number of nitrogens with one attached hydrogen (secondary N) is 2. The third-order valence-corrected chi connectivity index (χ3v) is 3.32. The molecule has 1 aromatic carbocycles. The number of halogens is 1. The first kappa shape index (κ1) is 17.2. The fourth-order valence-electron chi connectivity index (χ4n) is 1.92. The monoisotopic (exact) mass is 333 g/mol. The third kappa shape index (κ3) is 5.84. The zero-order valence-electron chi connectivity index (χ0n) is 13.2. The number of rotatable bonds is 7. The zero-order valence-corrected chi connectivity index (χ0v) is 14.0. The lowest BCUT2D eigenvalue weighted by atomic mass is 10.2. The van der Waals surface area contributed by atoms with Crippen molar-refractivity contribution < 1.29 is 4.79 Å². The Bertz CT molecular complexity index is 645. The summed E-state index contributed by atoms with van der Waals surface area (Å²) in [6, 6.07) is 10.2. The summed E-state index contributed by atoms with van der Waals surface area (Å²) in [5, 5.41) is 14.4. The van der Waals surface area contributed by atoms with E-state index >= 15 is 0 Å². The molecule has 1 amide bonds. The van der Waals surface area contributed by atoms with Gasteiger partial charge in [-0.2, -0.15) is 0 Å². The van der Waals surface area contributed by atoms with Crippen molar-refractivity contribution in [3.63, 3.8) is 0 Å². The van der Waals surface area contributed by atoms with Crippen LogP contribution in [-0.2, 0) is 0 Å². The van der Waals surface area contributed by atoms with Crippen LogP contribution in [0, 0.1) is 0 Å². The summed E-state index contributed by atoms with van der Waals surface area (Å²) in [6.45, 7) is 1.83. The molecular weight excluding hydrogens is 314 g/mol. The lowest BCUT2D eigenvalue weighted by Gasteiger charge is -2.10. The molecule has 2 aromatic rings. The first-order valence-electron chi connectivity index (χ1n) is 7.34. The fraction of sp³-hybridized carbons (Fsp3) is 0.312. The van der Waals surface area contributed by atoms with Crippen molar-refractivity contribution in [2.75, 3.05) is 37.8 Å². The van der Waals surface area contributed by atoms with Crippen LogP contribution < -0.4 is 10.6 Å². The van der Waals surface area contributed by atoms with Crippen LogP contribution in [-0.4, -0.2) is 48.2 Å². The summed E-state index contributed by atoms with van der Waals surface area (Å²) in [7, 11) is 4.08. The number of anilines is 2. The predicted octanol–water partition coefficient (Wildman–Crippen LogP) is 2.75. The number of carbonyl (C=O) groups is 1. The van der Waals surface area contributed by atoms with Gasteiger partial charge in [0.25, 0.3) is 5.91 Å². The maximum atomic E-state index is 12.1. The molecule has 122 valence electrons. The summed E-state index contributed by atoms with van der Waals surface area (Å²) in [4.78, 5) is 14.2. The van der Waals surface area contributed by atoms with E-state index in [1.807, 2.05) is 14.1 Å². The molecule has 0 aliphatic heterocycles. The Balaban J connectivity index is 1.86. The molecule has 0 unspecified atom stereocenters. The van der Waals surface area contributed by atoms with E-state index in [2.05, 4.69) is 25.7 Å². The molecule has 7 heteroatoms. The molecule has 0 aliphatic carbocycles. The van der Waals surface area contributed by atoms with Gasteiger partial charge in [0.2, 0.25) is 0 Å². The highest BCUT2D eigenvalue weighted by Crippen LogP contribution is 2.13. The highest BCUT2D eigenvalue weighted by molar-refractivity contribution is 6.31. The average Bonchev–Trinajstić information content (AvgIpc) is 2.53. The van der Waals surface area contributed by atoms with Gasteiger partial charge in [-0.3, -0.25) is 4.79 Å². The molecule has 6 nitrogen and oxygen atoms in total. The molecule has 0 bridgehead atoms. The van der Waals surface area contributed by atoms with Crippen molar-refractivity contribution in [2.24, 2.45) is 0 Å². The summed E-state index contributed by atoms with van der Waals surface area (Å²) >= 11 is 5.87. The SMILES string of the molecule is CN(C)CCCNc1ccc(NC(=O)c2cccc(Cl)c2)nn1. The molecule has 1 heterocycles. The van der Waals surface area contributed by atoms with Crippen LogP contribution in [0.4, 0.5) is 11.6 Å². The van der Waals surface area contributed by atoms with Gasteiger partial charge in [0.15, 0.2) is 5.82 Å². The van der Waals surface area contributed by atoms with Crippen molar-refractivity contribution >= 4 is 29.1 Å². The zero-order chi connectivity index (χ0) is 16.7. The topological polar surface area (TPSA) is 70.2 Å². The Hall–Kier alpha value is -2.18. The number of hydrogen-bond donors (Lipinski definition) is 2. The Kier molecular flexibility index (Phi) is 6.31. The minimum absolute atomic E-state index is 0.270. The molecule has 2 rings (SSSR count). The molecule has 0 atom stereocenters. The van der Waals surface area contributed by atoms with Gasteiger partial charge in [0.1, 0.15) is 5.82 Å². The first-order valence-corrected chi connectivity index (χ1v) is 7.71. The summed E-state index contributed by atoms with van der Waals surface area (Å²) in [5.74, 6) is 0.812. The maximum Gasteiger partial charge on any atom is 0.256 e. The van der Waals surface area contributed by atoms with Gasteiger partial charge in [-0.15, -0.1) is 10.2 Å². The number of carbonyl (C=O) groups excluding carboxylic acids is 1. The Morgan fingerprint density at radius 2 is 1.91 bits per heavy atom. The molecule has 1 aromatic heterocycles. The van der Waals surface area contributed by atoms with Gasteiger partial charge < -0.3 is 15.5 Å². The van der Waals surface area contributed by atoms with E-state index in [0.29, 0.717) is 22.2 Å². The molecule has 0 spiro atoms. The minimum atomic E-state index is -0.270. The van der Waals surface area contributed by atoms with E-state index in [-0.39, 0.29) is 5.91 Å². The van der Waals surface area contributed by atoms with E-state index in [1.54, 1.807) is 36.4 Å². The van der Waals surface area contributed by atoms with E-state index in [9.17, 15) is 4.79 Å². The summed E-state index contributed by atoms with van der Waals surface area (Å²) in [6.07, 6.45) is 1.02. The lowest BCUT2D eigenvalue weighted by molar-refractivity contribution is 0.102. The highest BCUT2D eigenvalue weighted by Gasteiger charge is 2.07. The lowest BCUT2D eigenvalue weighted by Crippen LogP contribution is -2.17. The van der Waals surface area contributed by atoms with Crippen molar-refractivity contribution in [2.45, 2.75) is 6.42 Å². The number of hydrogen-bond acceptors (Lipinski definition) is 5. The molecule has 23 heavy (non-hydrogen) atoms. The van der Waals surface area contributed by atoms with Gasteiger partial charge in [-0.1, -0.05) is 17.7 Å². The number of nitrogens with zero attached hydrogens (tertiary/aromatic N) is 3. The molecular formula is C16H20ClN5O. The highest BCUT2D eigenvalue weighted by atomic mass is 35.5. The molecule has 0 saturated carbocycles.